The number of benzene rings is 2. The van der Waals surface area contributed by atoms with Crippen LogP contribution in [-0.4, -0.2) is 23.6 Å². The van der Waals surface area contributed by atoms with E-state index in [2.05, 4.69) is 33.0 Å². The third-order valence-electron chi connectivity index (χ3n) is 4.32. The largest absolute Gasteiger partial charge is 0.453 e. The molecule has 2 rings (SSSR count). The summed E-state index contributed by atoms with van der Waals surface area (Å²) in [4.78, 5) is 24.4. The summed E-state index contributed by atoms with van der Waals surface area (Å²) in [6.07, 6.45) is -1.41. The number of esters is 1. The van der Waals surface area contributed by atoms with E-state index in [9.17, 15) is 14.7 Å². The van der Waals surface area contributed by atoms with Gasteiger partial charge >= 0.3 is 5.97 Å². The topological polar surface area (TPSA) is 75.6 Å². The van der Waals surface area contributed by atoms with E-state index in [1.165, 1.54) is 0 Å². The van der Waals surface area contributed by atoms with Crippen molar-refractivity contribution in [2.24, 2.45) is 0 Å². The van der Waals surface area contributed by atoms with E-state index in [1.807, 2.05) is 18.2 Å². The maximum Gasteiger partial charge on any atom is 0.340 e. The summed E-state index contributed by atoms with van der Waals surface area (Å²) >= 11 is 0. The molecule has 5 nitrogen and oxygen atoms in total. The van der Waals surface area contributed by atoms with Crippen LogP contribution >= 0.6 is 0 Å². The number of amides is 1. The minimum absolute atomic E-state index is 0.237. The molecule has 0 unspecified atom stereocenters. The number of para-hydroxylation sites is 1. The fourth-order valence-electron chi connectivity index (χ4n) is 2.86. The fourth-order valence-corrected chi connectivity index (χ4v) is 2.86. The summed E-state index contributed by atoms with van der Waals surface area (Å²) < 4.78 is 4.99. The van der Waals surface area contributed by atoms with Crippen molar-refractivity contribution >= 4 is 17.6 Å². The SMILES string of the molecule is CC(C)c1cccc(C(C)C)c1NC(=O)COC(=O)[C@@H](O)c1ccccc1. The number of nitrogens with one attached hydrogen (secondary N) is 1. The molecular weight excluding hydrogens is 342 g/mol. The number of rotatable bonds is 7. The van der Waals surface area contributed by atoms with E-state index in [0.29, 0.717) is 5.56 Å². The first kappa shape index (κ1) is 20.6. The molecular formula is C22H27NO4. The van der Waals surface area contributed by atoms with Gasteiger partial charge in [-0.05, 0) is 28.5 Å². The van der Waals surface area contributed by atoms with Crippen LogP contribution in [-0.2, 0) is 14.3 Å². The Bertz CT molecular complexity index is 758. The van der Waals surface area contributed by atoms with Gasteiger partial charge in [0.15, 0.2) is 12.7 Å². The average molecular weight is 369 g/mol. The van der Waals surface area contributed by atoms with Crippen molar-refractivity contribution in [2.45, 2.75) is 45.6 Å². The van der Waals surface area contributed by atoms with Crippen molar-refractivity contribution in [1.82, 2.24) is 0 Å². The molecule has 1 atom stereocenters. The van der Waals surface area contributed by atoms with Gasteiger partial charge in [0.25, 0.3) is 5.91 Å². The minimum atomic E-state index is -1.41. The highest BCUT2D eigenvalue weighted by Crippen LogP contribution is 2.32. The first-order chi connectivity index (χ1) is 12.8. The van der Waals surface area contributed by atoms with Gasteiger partial charge in [0.1, 0.15) is 0 Å². The van der Waals surface area contributed by atoms with Crippen molar-refractivity contribution in [3.63, 3.8) is 0 Å². The molecule has 2 N–H and O–H groups in total. The molecule has 0 radical (unpaired) electrons. The van der Waals surface area contributed by atoms with Crippen LogP contribution in [0.25, 0.3) is 0 Å². The van der Waals surface area contributed by atoms with Crippen LogP contribution < -0.4 is 5.32 Å². The second-order valence-corrected chi connectivity index (χ2v) is 7.09. The number of hydrogen-bond donors (Lipinski definition) is 2. The van der Waals surface area contributed by atoms with Gasteiger partial charge in [0.2, 0.25) is 0 Å². The second-order valence-electron chi connectivity index (χ2n) is 7.09. The van der Waals surface area contributed by atoms with E-state index in [1.54, 1.807) is 30.3 Å². The van der Waals surface area contributed by atoms with Crippen LogP contribution in [0.15, 0.2) is 48.5 Å². The molecule has 2 aromatic carbocycles. The monoisotopic (exact) mass is 369 g/mol. The van der Waals surface area contributed by atoms with Crippen LogP contribution in [0, 0.1) is 0 Å². The third kappa shape index (κ3) is 5.41. The highest BCUT2D eigenvalue weighted by Gasteiger charge is 2.21. The molecule has 0 aliphatic heterocycles. The zero-order chi connectivity index (χ0) is 20.0. The minimum Gasteiger partial charge on any atom is -0.453 e. The first-order valence-corrected chi connectivity index (χ1v) is 9.13. The lowest BCUT2D eigenvalue weighted by atomic mass is 9.92. The Morgan fingerprint density at radius 1 is 0.926 bits per heavy atom. The molecule has 0 bridgehead atoms. The summed E-state index contributed by atoms with van der Waals surface area (Å²) in [7, 11) is 0. The predicted molar refractivity (Wildman–Crippen MR) is 106 cm³/mol. The quantitative estimate of drug-likeness (QED) is 0.719. The molecule has 0 spiro atoms. The maximum atomic E-state index is 12.4. The van der Waals surface area contributed by atoms with E-state index in [0.717, 1.165) is 16.8 Å². The smallest absolute Gasteiger partial charge is 0.340 e. The highest BCUT2D eigenvalue weighted by atomic mass is 16.5. The van der Waals surface area contributed by atoms with E-state index < -0.39 is 24.6 Å². The zero-order valence-electron chi connectivity index (χ0n) is 16.2. The summed E-state index contributed by atoms with van der Waals surface area (Å²) in [5.74, 6) is -0.806. The summed E-state index contributed by atoms with van der Waals surface area (Å²) in [6.45, 7) is 7.79. The second kappa shape index (κ2) is 9.33. The Morgan fingerprint density at radius 2 is 1.48 bits per heavy atom. The normalized spacial score (nSPS) is 12.1. The van der Waals surface area contributed by atoms with Gasteiger partial charge in [-0.2, -0.15) is 0 Å². The van der Waals surface area contributed by atoms with Gasteiger partial charge < -0.3 is 15.2 Å². The Morgan fingerprint density at radius 3 is 2.00 bits per heavy atom. The van der Waals surface area contributed by atoms with Gasteiger partial charge in [-0.15, -0.1) is 0 Å². The number of aliphatic hydroxyl groups excluding tert-OH is 1. The van der Waals surface area contributed by atoms with Gasteiger partial charge in [-0.25, -0.2) is 4.79 Å². The van der Waals surface area contributed by atoms with Crippen molar-refractivity contribution in [3.05, 3.63) is 65.2 Å². The van der Waals surface area contributed by atoms with Gasteiger partial charge in [0.05, 0.1) is 0 Å². The first-order valence-electron chi connectivity index (χ1n) is 9.13. The predicted octanol–water partition coefficient (Wildman–Crippen LogP) is 4.15. The number of carbonyl (C=O) groups excluding carboxylic acids is 2. The summed E-state index contributed by atoms with van der Waals surface area (Å²) in [5.41, 5.74) is 3.26. The Hall–Kier alpha value is -2.66. The summed E-state index contributed by atoms with van der Waals surface area (Å²) in [5, 5.41) is 12.9. The molecule has 0 fully saturated rings. The molecule has 0 aliphatic rings. The van der Waals surface area contributed by atoms with Crippen molar-refractivity contribution in [1.29, 1.82) is 0 Å². The van der Waals surface area contributed by atoms with Crippen molar-refractivity contribution < 1.29 is 19.4 Å². The van der Waals surface area contributed by atoms with Gasteiger partial charge in [-0.1, -0.05) is 76.2 Å². The Labute approximate surface area is 160 Å². The van der Waals surface area contributed by atoms with Crippen LogP contribution in [0.1, 0.15) is 62.3 Å². The average Bonchev–Trinajstić information content (AvgIpc) is 2.65. The highest BCUT2D eigenvalue weighted by molar-refractivity contribution is 5.94. The van der Waals surface area contributed by atoms with Gasteiger partial charge in [-0.3, -0.25) is 4.79 Å². The molecule has 5 heteroatoms. The standard InChI is InChI=1S/C22H27NO4/c1-14(2)17-11-8-12-18(15(3)4)20(17)23-19(24)13-27-22(26)21(25)16-9-6-5-7-10-16/h5-12,14-15,21,25H,13H2,1-4H3,(H,23,24)/t21-/m0/s1. The number of anilines is 1. The van der Waals surface area contributed by atoms with Crippen molar-refractivity contribution in [3.8, 4) is 0 Å². The van der Waals surface area contributed by atoms with Crippen LogP contribution in [0.2, 0.25) is 0 Å². The number of ether oxygens (including phenoxy) is 1. The molecule has 144 valence electrons. The fraction of sp³-hybridized carbons (Fsp3) is 0.364. The number of aliphatic hydroxyl groups is 1. The molecule has 0 heterocycles. The van der Waals surface area contributed by atoms with E-state index in [4.69, 9.17) is 4.74 Å². The molecule has 0 aromatic heterocycles. The lowest BCUT2D eigenvalue weighted by Gasteiger charge is -2.20. The number of hydrogen-bond acceptors (Lipinski definition) is 4. The molecule has 2 aromatic rings. The maximum absolute atomic E-state index is 12.4. The molecule has 0 aliphatic carbocycles. The molecule has 1 amide bonds. The molecule has 0 saturated heterocycles. The van der Waals surface area contributed by atoms with E-state index in [-0.39, 0.29) is 11.8 Å². The van der Waals surface area contributed by atoms with Crippen LogP contribution in [0.4, 0.5) is 5.69 Å². The Balaban J connectivity index is 2.05. The third-order valence-corrected chi connectivity index (χ3v) is 4.32. The molecule has 27 heavy (non-hydrogen) atoms. The van der Waals surface area contributed by atoms with Crippen LogP contribution in [0.5, 0.6) is 0 Å². The van der Waals surface area contributed by atoms with E-state index >= 15 is 0 Å². The Kier molecular flexibility index (Phi) is 7.13. The van der Waals surface area contributed by atoms with Gasteiger partial charge in [0, 0.05) is 5.69 Å². The lowest BCUT2D eigenvalue weighted by Crippen LogP contribution is -2.25. The van der Waals surface area contributed by atoms with Crippen LogP contribution in [0.3, 0.4) is 0 Å². The van der Waals surface area contributed by atoms with Crippen molar-refractivity contribution in [2.75, 3.05) is 11.9 Å². The molecule has 0 saturated carbocycles. The summed E-state index contributed by atoms with van der Waals surface area (Å²) in [6, 6.07) is 14.4. The number of carbonyl (C=O) groups is 2. The zero-order valence-corrected chi connectivity index (χ0v) is 16.2. The lowest BCUT2D eigenvalue weighted by molar-refractivity contribution is -0.156.